The molecule has 0 atom stereocenters. The molecule has 96 valence electrons. The molecule has 0 aromatic heterocycles. The van der Waals surface area contributed by atoms with E-state index in [9.17, 15) is 4.79 Å². The minimum atomic E-state index is -0.463. The predicted octanol–water partition coefficient (Wildman–Crippen LogP) is 1.12. The predicted molar refractivity (Wildman–Crippen MR) is 70.8 cm³/mol. The Balaban J connectivity index is 2.89. The lowest BCUT2D eigenvalue weighted by Crippen LogP contribution is -2.21. The van der Waals surface area contributed by atoms with Crippen molar-refractivity contribution in [3.63, 3.8) is 0 Å². The van der Waals surface area contributed by atoms with Gasteiger partial charge in [0.25, 0.3) is 0 Å². The van der Waals surface area contributed by atoms with Gasteiger partial charge in [-0.3, -0.25) is 0 Å². The van der Waals surface area contributed by atoms with Crippen molar-refractivity contribution in [3.8, 4) is 0 Å². The van der Waals surface area contributed by atoms with Crippen LogP contribution >= 0.6 is 11.6 Å². The smallest absolute Gasteiger partial charge is 0.339 e. The van der Waals surface area contributed by atoms with Crippen LogP contribution in [-0.4, -0.2) is 24.8 Å². The van der Waals surface area contributed by atoms with E-state index in [1.54, 1.807) is 25.1 Å². The maximum atomic E-state index is 11.5. The Labute approximate surface area is 109 Å². The van der Waals surface area contributed by atoms with Crippen molar-refractivity contribution in [1.82, 2.24) is 0 Å². The summed E-state index contributed by atoms with van der Waals surface area (Å²) in [5.74, 6) is -0.601. The van der Waals surface area contributed by atoms with Crippen LogP contribution in [0.25, 0.3) is 0 Å². The molecule has 1 aromatic rings. The fourth-order valence-corrected chi connectivity index (χ4v) is 1.41. The van der Waals surface area contributed by atoms with Crippen LogP contribution in [-0.2, 0) is 4.74 Å². The number of ether oxygens (including phenoxy) is 1. The van der Waals surface area contributed by atoms with Gasteiger partial charge in [0, 0.05) is 0 Å². The number of hydrogen-bond acceptors (Lipinski definition) is 4. The highest BCUT2D eigenvalue weighted by molar-refractivity contribution is 6.33. The Morgan fingerprint density at radius 1 is 1.50 bits per heavy atom. The quantitative estimate of drug-likeness (QED) is 0.370. The summed E-state index contributed by atoms with van der Waals surface area (Å²) in [7, 11) is 0. The van der Waals surface area contributed by atoms with Gasteiger partial charge in [0.15, 0.2) is 0 Å². The van der Waals surface area contributed by atoms with E-state index in [-0.39, 0.29) is 11.0 Å². The molecule has 0 unspecified atom stereocenters. The third kappa shape index (κ3) is 4.06. The van der Waals surface area contributed by atoms with Crippen LogP contribution < -0.4 is 11.5 Å². The monoisotopic (exact) mass is 268 g/mol. The fraction of sp³-hybridized carbons (Fsp3) is 0.182. The number of guanidine groups is 1. The molecular formula is C11H13ClN4O2. The van der Waals surface area contributed by atoms with Gasteiger partial charge < -0.3 is 16.2 Å². The number of benzene rings is 1. The van der Waals surface area contributed by atoms with E-state index in [1.165, 1.54) is 6.21 Å². The topological polar surface area (TPSA) is 103 Å². The molecule has 1 aromatic carbocycles. The molecule has 0 fully saturated rings. The largest absolute Gasteiger partial charge is 0.462 e. The number of hydrogen-bond donors (Lipinski definition) is 2. The summed E-state index contributed by atoms with van der Waals surface area (Å²) in [5.41, 5.74) is 11.2. The average molecular weight is 269 g/mol. The Morgan fingerprint density at radius 2 is 2.22 bits per heavy atom. The fourth-order valence-electron chi connectivity index (χ4n) is 1.15. The zero-order chi connectivity index (χ0) is 13.5. The number of rotatable bonds is 4. The van der Waals surface area contributed by atoms with Crippen molar-refractivity contribution < 1.29 is 9.53 Å². The Bertz CT molecular complexity index is 496. The van der Waals surface area contributed by atoms with E-state index in [4.69, 9.17) is 27.8 Å². The lowest BCUT2D eigenvalue weighted by atomic mass is 10.1. The summed E-state index contributed by atoms with van der Waals surface area (Å²) in [5, 5.41) is 7.35. The molecule has 0 spiro atoms. The molecule has 0 amide bonds. The highest BCUT2D eigenvalue weighted by atomic mass is 35.5. The normalized spacial score (nSPS) is 10.3. The van der Waals surface area contributed by atoms with Gasteiger partial charge in [-0.05, 0) is 24.6 Å². The third-order valence-corrected chi connectivity index (χ3v) is 2.18. The van der Waals surface area contributed by atoms with E-state index in [2.05, 4.69) is 10.2 Å². The van der Waals surface area contributed by atoms with Crippen LogP contribution in [0, 0.1) is 0 Å². The lowest BCUT2D eigenvalue weighted by Gasteiger charge is -2.04. The minimum absolute atomic E-state index is 0.138. The van der Waals surface area contributed by atoms with Gasteiger partial charge in [-0.1, -0.05) is 17.7 Å². The Kier molecular flexibility index (Phi) is 5.13. The second-order valence-electron chi connectivity index (χ2n) is 3.23. The van der Waals surface area contributed by atoms with Gasteiger partial charge >= 0.3 is 5.97 Å². The summed E-state index contributed by atoms with van der Waals surface area (Å²) in [6.45, 7) is 2.02. The van der Waals surface area contributed by atoms with Crippen LogP contribution in [0.4, 0.5) is 0 Å². The van der Waals surface area contributed by atoms with Gasteiger partial charge in [0.2, 0.25) is 5.96 Å². The molecule has 0 heterocycles. The van der Waals surface area contributed by atoms with Crippen LogP contribution in [0.1, 0.15) is 22.8 Å². The average Bonchev–Trinajstić information content (AvgIpc) is 2.28. The molecular weight excluding hydrogens is 256 g/mol. The van der Waals surface area contributed by atoms with Gasteiger partial charge in [0.05, 0.1) is 23.4 Å². The molecule has 0 aliphatic carbocycles. The molecule has 0 bridgehead atoms. The van der Waals surface area contributed by atoms with Gasteiger partial charge in [-0.2, -0.15) is 5.10 Å². The number of halogens is 1. The SMILES string of the molecule is CCOC(=O)c1ccc(C=NN=C(N)N)cc1Cl. The summed E-state index contributed by atoms with van der Waals surface area (Å²) in [4.78, 5) is 11.5. The van der Waals surface area contributed by atoms with Gasteiger partial charge in [0.1, 0.15) is 0 Å². The van der Waals surface area contributed by atoms with E-state index in [0.717, 1.165) is 0 Å². The minimum Gasteiger partial charge on any atom is -0.462 e. The number of nitrogens with zero attached hydrogens (tertiary/aromatic N) is 2. The molecule has 0 aliphatic heterocycles. The first-order chi connectivity index (χ1) is 8.54. The van der Waals surface area contributed by atoms with Crippen LogP contribution in [0.15, 0.2) is 28.4 Å². The molecule has 18 heavy (non-hydrogen) atoms. The summed E-state index contributed by atoms with van der Waals surface area (Å²) >= 11 is 5.95. The third-order valence-electron chi connectivity index (χ3n) is 1.87. The number of nitrogens with two attached hydrogens (primary N) is 2. The highest BCUT2D eigenvalue weighted by Crippen LogP contribution is 2.18. The van der Waals surface area contributed by atoms with Crippen molar-refractivity contribution in [3.05, 3.63) is 34.3 Å². The second-order valence-corrected chi connectivity index (χ2v) is 3.64. The summed E-state index contributed by atoms with van der Waals surface area (Å²) in [6, 6.07) is 4.78. The van der Waals surface area contributed by atoms with E-state index >= 15 is 0 Å². The molecule has 1 rings (SSSR count). The molecule has 6 nitrogen and oxygen atoms in total. The van der Waals surface area contributed by atoms with E-state index < -0.39 is 5.97 Å². The van der Waals surface area contributed by atoms with Crippen LogP contribution in [0.2, 0.25) is 5.02 Å². The van der Waals surface area contributed by atoms with Gasteiger partial charge in [-0.15, -0.1) is 5.10 Å². The molecule has 0 saturated heterocycles. The van der Waals surface area contributed by atoms with Crippen molar-refractivity contribution in [2.45, 2.75) is 6.92 Å². The maximum Gasteiger partial charge on any atom is 0.339 e. The zero-order valence-corrected chi connectivity index (χ0v) is 10.5. The number of carbonyl (C=O) groups excluding carboxylic acids is 1. The van der Waals surface area contributed by atoms with Crippen molar-refractivity contribution in [1.29, 1.82) is 0 Å². The van der Waals surface area contributed by atoms with E-state index in [0.29, 0.717) is 17.7 Å². The first kappa shape index (κ1) is 14.0. The molecule has 7 heteroatoms. The van der Waals surface area contributed by atoms with Crippen molar-refractivity contribution in [2.75, 3.05) is 6.61 Å². The standard InChI is InChI=1S/C11H13ClN4O2/c1-2-18-10(17)8-4-3-7(5-9(8)12)6-15-16-11(13)14/h3-6H,2H2,1H3,(H4,13,14,16). The van der Waals surface area contributed by atoms with Crippen LogP contribution in [0.3, 0.4) is 0 Å². The number of carbonyl (C=O) groups is 1. The first-order valence-corrected chi connectivity index (χ1v) is 5.51. The summed E-state index contributed by atoms with van der Waals surface area (Å²) < 4.78 is 4.85. The zero-order valence-electron chi connectivity index (χ0n) is 9.76. The van der Waals surface area contributed by atoms with Gasteiger partial charge in [-0.25, -0.2) is 4.79 Å². The molecule has 0 saturated carbocycles. The van der Waals surface area contributed by atoms with E-state index in [1.807, 2.05) is 0 Å². The number of esters is 1. The maximum absolute atomic E-state index is 11.5. The van der Waals surface area contributed by atoms with Crippen molar-refractivity contribution in [2.24, 2.45) is 21.7 Å². The van der Waals surface area contributed by atoms with Crippen LogP contribution in [0.5, 0.6) is 0 Å². The molecule has 0 aliphatic rings. The second kappa shape index (κ2) is 6.61. The molecule has 0 radical (unpaired) electrons. The Morgan fingerprint density at radius 3 is 2.78 bits per heavy atom. The first-order valence-electron chi connectivity index (χ1n) is 5.13. The molecule has 4 N–H and O–H groups in total. The van der Waals surface area contributed by atoms with Crippen molar-refractivity contribution >= 4 is 29.7 Å². The summed E-state index contributed by atoms with van der Waals surface area (Å²) in [6.07, 6.45) is 1.42. The Hall–Kier alpha value is -2.08. The lowest BCUT2D eigenvalue weighted by molar-refractivity contribution is 0.0526. The highest BCUT2D eigenvalue weighted by Gasteiger charge is 2.10.